The average Bonchev–Trinajstić information content (AvgIpc) is 3.16. The van der Waals surface area contributed by atoms with Gasteiger partial charge >= 0.3 is 0 Å². The molecule has 1 fully saturated rings. The van der Waals surface area contributed by atoms with E-state index in [2.05, 4.69) is 27.9 Å². The lowest BCUT2D eigenvalue weighted by Crippen LogP contribution is -2.36. The number of nitrogens with one attached hydrogen (secondary N) is 1. The summed E-state index contributed by atoms with van der Waals surface area (Å²) in [6.45, 7) is -0.433. The van der Waals surface area contributed by atoms with Crippen molar-refractivity contribution in [2.75, 3.05) is 26.1 Å². The minimum absolute atomic E-state index is 0.00813. The monoisotopic (exact) mass is 648 g/mol. The largest absolute Gasteiger partial charge is 0.495 e. The number of anilines is 1. The lowest BCUT2D eigenvalue weighted by atomic mass is 10.1. The molecule has 8 nitrogen and oxygen atoms in total. The van der Waals surface area contributed by atoms with Crippen molar-refractivity contribution in [1.82, 2.24) is 4.90 Å². The molecule has 0 spiro atoms. The number of carbonyl (C=O) groups is 3. The predicted octanol–water partition coefficient (Wildman–Crippen LogP) is 5.70. The van der Waals surface area contributed by atoms with E-state index in [1.165, 1.54) is 20.3 Å². The van der Waals surface area contributed by atoms with Gasteiger partial charge in [0.05, 0.1) is 28.4 Å². The van der Waals surface area contributed by atoms with E-state index in [4.69, 9.17) is 14.2 Å². The molecule has 1 heterocycles. The van der Waals surface area contributed by atoms with Crippen molar-refractivity contribution in [2.24, 2.45) is 0 Å². The van der Waals surface area contributed by atoms with E-state index in [1.807, 2.05) is 0 Å². The summed E-state index contributed by atoms with van der Waals surface area (Å²) in [5.74, 6) is -0.218. The number of para-hydroxylation sites is 2. The molecule has 38 heavy (non-hydrogen) atoms. The molecule has 4 rings (SSSR count). The maximum Gasteiger partial charge on any atom is 0.294 e. The molecular formula is C27H22FIN2O6S. The fraction of sp³-hybridized carbons (Fsp3) is 0.148. The van der Waals surface area contributed by atoms with Gasteiger partial charge in [-0.05, 0) is 76.3 Å². The molecule has 1 N–H and O–H groups in total. The van der Waals surface area contributed by atoms with Crippen LogP contribution in [0.5, 0.6) is 17.2 Å². The fourth-order valence-corrected chi connectivity index (χ4v) is 5.22. The number of hydrogen-bond donors (Lipinski definition) is 1. The number of imide groups is 1. The standard InChI is InChI=1S/C27H22FIN2O6S/c1-35-21-10-6-5-9-20(21)30-24(32)14-31-26(33)23(38-27(31)34)13-16-11-19(29)25(22(12-16)36-2)37-15-17-7-3-4-8-18(17)28/h3-13H,14-15H2,1-2H3,(H,30,32)/b23-13+. The molecule has 0 bridgehead atoms. The lowest BCUT2D eigenvalue weighted by Gasteiger charge is -2.14. The van der Waals surface area contributed by atoms with Gasteiger partial charge < -0.3 is 19.5 Å². The highest BCUT2D eigenvalue weighted by Crippen LogP contribution is 2.38. The number of benzene rings is 3. The van der Waals surface area contributed by atoms with Gasteiger partial charge in [-0.3, -0.25) is 19.3 Å². The van der Waals surface area contributed by atoms with E-state index in [9.17, 15) is 18.8 Å². The SMILES string of the molecule is COc1ccccc1NC(=O)CN1C(=O)S/C(=C/c2cc(I)c(OCc3ccccc3F)c(OC)c2)C1=O. The first-order chi connectivity index (χ1) is 18.3. The van der Waals surface area contributed by atoms with Crippen LogP contribution in [0.3, 0.4) is 0 Å². The molecule has 3 amide bonds. The van der Waals surface area contributed by atoms with Gasteiger partial charge in [0.2, 0.25) is 5.91 Å². The van der Waals surface area contributed by atoms with E-state index in [0.717, 1.165) is 16.7 Å². The molecule has 0 saturated carbocycles. The van der Waals surface area contributed by atoms with Crippen molar-refractivity contribution in [1.29, 1.82) is 0 Å². The number of carbonyl (C=O) groups excluding carboxylic acids is 3. The second kappa shape index (κ2) is 12.3. The Hall–Kier alpha value is -3.58. The number of ether oxygens (including phenoxy) is 3. The van der Waals surface area contributed by atoms with E-state index in [1.54, 1.807) is 60.7 Å². The smallest absolute Gasteiger partial charge is 0.294 e. The van der Waals surface area contributed by atoms with Crippen LogP contribution in [0.1, 0.15) is 11.1 Å². The van der Waals surface area contributed by atoms with Gasteiger partial charge in [0.25, 0.3) is 11.1 Å². The Balaban J connectivity index is 1.48. The van der Waals surface area contributed by atoms with Crippen LogP contribution >= 0.6 is 34.4 Å². The van der Waals surface area contributed by atoms with Crippen LogP contribution in [-0.4, -0.2) is 42.7 Å². The van der Waals surface area contributed by atoms with E-state index in [0.29, 0.717) is 37.6 Å². The van der Waals surface area contributed by atoms with Gasteiger partial charge in [-0.25, -0.2) is 4.39 Å². The first-order valence-electron chi connectivity index (χ1n) is 11.2. The van der Waals surface area contributed by atoms with Crippen LogP contribution in [-0.2, 0) is 16.2 Å². The third-order valence-electron chi connectivity index (χ3n) is 5.44. The topological polar surface area (TPSA) is 94.2 Å². The number of rotatable bonds is 9. The minimum Gasteiger partial charge on any atom is -0.495 e. The Labute approximate surface area is 236 Å². The highest BCUT2D eigenvalue weighted by molar-refractivity contribution is 14.1. The first kappa shape index (κ1) is 27.5. The first-order valence-corrected chi connectivity index (χ1v) is 13.1. The maximum atomic E-state index is 14.0. The Morgan fingerprint density at radius 3 is 2.50 bits per heavy atom. The number of thioether (sulfide) groups is 1. The number of nitrogens with zero attached hydrogens (tertiary/aromatic N) is 1. The summed E-state index contributed by atoms with van der Waals surface area (Å²) in [6, 6.07) is 16.6. The number of amides is 3. The zero-order valence-electron chi connectivity index (χ0n) is 20.3. The molecule has 1 aliphatic heterocycles. The van der Waals surface area contributed by atoms with Gasteiger partial charge in [-0.2, -0.15) is 0 Å². The summed E-state index contributed by atoms with van der Waals surface area (Å²) in [7, 11) is 2.95. The molecule has 0 radical (unpaired) electrons. The van der Waals surface area contributed by atoms with Gasteiger partial charge in [0.1, 0.15) is 24.7 Å². The van der Waals surface area contributed by atoms with Gasteiger partial charge in [0, 0.05) is 5.56 Å². The minimum atomic E-state index is -0.580. The third-order valence-corrected chi connectivity index (χ3v) is 7.14. The predicted molar refractivity (Wildman–Crippen MR) is 151 cm³/mol. The molecule has 196 valence electrons. The van der Waals surface area contributed by atoms with Crippen molar-refractivity contribution in [3.63, 3.8) is 0 Å². The van der Waals surface area contributed by atoms with Crippen LogP contribution in [0.15, 0.2) is 65.6 Å². The van der Waals surface area contributed by atoms with E-state index in [-0.39, 0.29) is 17.3 Å². The number of hydrogen-bond acceptors (Lipinski definition) is 7. The molecule has 3 aromatic rings. The van der Waals surface area contributed by atoms with Crippen LogP contribution in [0.2, 0.25) is 0 Å². The van der Waals surface area contributed by atoms with Crippen molar-refractivity contribution in [2.45, 2.75) is 6.61 Å². The van der Waals surface area contributed by atoms with Gasteiger partial charge in [0.15, 0.2) is 11.5 Å². The van der Waals surface area contributed by atoms with Crippen LogP contribution in [0.25, 0.3) is 6.08 Å². The molecular weight excluding hydrogens is 626 g/mol. The summed E-state index contributed by atoms with van der Waals surface area (Å²) in [6.07, 6.45) is 1.55. The molecule has 11 heteroatoms. The second-order valence-electron chi connectivity index (χ2n) is 7.93. The van der Waals surface area contributed by atoms with Gasteiger partial charge in [-0.1, -0.05) is 30.3 Å². The summed E-state index contributed by atoms with van der Waals surface area (Å²) < 4.78 is 31.1. The summed E-state index contributed by atoms with van der Waals surface area (Å²) in [5, 5.41) is 2.10. The number of methoxy groups -OCH3 is 2. The quantitative estimate of drug-likeness (QED) is 0.235. The average molecular weight is 648 g/mol. The summed E-state index contributed by atoms with van der Waals surface area (Å²) in [4.78, 5) is 39.1. The second-order valence-corrected chi connectivity index (χ2v) is 10.1. The van der Waals surface area contributed by atoms with Crippen molar-refractivity contribution in [3.05, 3.63) is 86.1 Å². The van der Waals surface area contributed by atoms with Crippen molar-refractivity contribution in [3.8, 4) is 17.2 Å². The molecule has 0 aromatic heterocycles. The summed E-state index contributed by atoms with van der Waals surface area (Å²) >= 11 is 2.80. The maximum absolute atomic E-state index is 14.0. The van der Waals surface area contributed by atoms with Crippen LogP contribution in [0, 0.1) is 9.39 Å². The lowest BCUT2D eigenvalue weighted by molar-refractivity contribution is -0.127. The molecule has 3 aromatic carbocycles. The number of halogens is 2. The van der Waals surface area contributed by atoms with E-state index < -0.39 is 23.6 Å². The highest BCUT2D eigenvalue weighted by Gasteiger charge is 2.36. The van der Waals surface area contributed by atoms with Gasteiger partial charge in [-0.15, -0.1) is 0 Å². The highest BCUT2D eigenvalue weighted by atomic mass is 127. The zero-order valence-corrected chi connectivity index (χ0v) is 23.3. The molecule has 0 atom stereocenters. The third kappa shape index (κ3) is 6.27. The molecule has 0 unspecified atom stereocenters. The molecule has 1 aliphatic rings. The molecule has 0 aliphatic carbocycles. The molecule has 1 saturated heterocycles. The zero-order chi connectivity index (χ0) is 27.2. The fourth-order valence-electron chi connectivity index (χ4n) is 3.60. The van der Waals surface area contributed by atoms with Crippen molar-refractivity contribution >= 4 is 63.2 Å². The van der Waals surface area contributed by atoms with E-state index >= 15 is 0 Å². The Bertz CT molecular complexity index is 1430. The normalized spacial score (nSPS) is 14.1. The Morgan fingerprint density at radius 2 is 1.76 bits per heavy atom. The Kier molecular flexibility index (Phi) is 8.89. The Morgan fingerprint density at radius 1 is 1.05 bits per heavy atom. The van der Waals surface area contributed by atoms with Crippen LogP contribution < -0.4 is 19.5 Å². The van der Waals surface area contributed by atoms with Crippen LogP contribution in [0.4, 0.5) is 14.9 Å². The summed E-state index contributed by atoms with van der Waals surface area (Å²) in [5.41, 5.74) is 1.42. The van der Waals surface area contributed by atoms with Crippen molar-refractivity contribution < 1.29 is 33.0 Å².